The van der Waals surface area contributed by atoms with Gasteiger partial charge in [-0.25, -0.2) is 4.57 Å². The number of alkyl halides is 6. The van der Waals surface area contributed by atoms with Gasteiger partial charge in [0, 0.05) is 18.6 Å². The van der Waals surface area contributed by atoms with Gasteiger partial charge in [0.15, 0.2) is 12.4 Å². The van der Waals surface area contributed by atoms with Crippen LogP contribution < -0.4 is 9.67 Å². The zero-order chi connectivity index (χ0) is 19.0. The van der Waals surface area contributed by atoms with Gasteiger partial charge >= 0.3 is 21.7 Å². The van der Waals surface area contributed by atoms with Gasteiger partial charge in [0.05, 0.1) is 5.90 Å². The Morgan fingerprint density at radius 1 is 1.08 bits per heavy atom. The Bertz CT molecular complexity index is 626. The van der Waals surface area contributed by atoms with Crippen molar-refractivity contribution in [2.24, 2.45) is 4.40 Å². The SMILES string of the molecule is CCCC[n+]1ccccc1.O=S(=O)(/N=C(\[O-])C(F)(F)F)C(F)(F)F. The lowest BCUT2D eigenvalue weighted by Crippen LogP contribution is -2.37. The van der Waals surface area contributed by atoms with Crippen molar-refractivity contribution in [3.05, 3.63) is 30.6 Å². The maximum atomic E-state index is 11.4. The highest BCUT2D eigenvalue weighted by molar-refractivity contribution is 7.91. The lowest BCUT2D eigenvalue weighted by Gasteiger charge is -2.14. The summed E-state index contributed by atoms with van der Waals surface area (Å²) in [5.74, 6) is -3.32. The van der Waals surface area contributed by atoms with Crippen LogP contribution in [-0.4, -0.2) is 26.0 Å². The third-order valence-corrected chi connectivity index (χ3v) is 3.28. The minimum absolute atomic E-state index is 1.03. The van der Waals surface area contributed by atoms with Gasteiger partial charge in [0.25, 0.3) is 0 Å². The second kappa shape index (κ2) is 8.85. The molecule has 1 aromatic rings. The highest BCUT2D eigenvalue weighted by atomic mass is 32.2. The Labute approximate surface area is 134 Å². The lowest BCUT2D eigenvalue weighted by atomic mass is 10.3. The molecule has 138 valence electrons. The molecule has 1 rings (SSSR count). The summed E-state index contributed by atoms with van der Waals surface area (Å²) in [6.07, 6.45) is 1.00. The van der Waals surface area contributed by atoms with Crippen molar-refractivity contribution in [1.82, 2.24) is 0 Å². The molecule has 5 nitrogen and oxygen atoms in total. The van der Waals surface area contributed by atoms with E-state index in [1.54, 1.807) is 0 Å². The zero-order valence-electron chi connectivity index (χ0n) is 12.3. The molecule has 0 radical (unpaired) electrons. The Kier molecular flexibility index (Phi) is 8.17. The van der Waals surface area contributed by atoms with Crippen LogP contribution in [0.2, 0.25) is 0 Å². The maximum absolute atomic E-state index is 11.4. The van der Waals surface area contributed by atoms with Crippen LogP contribution in [0.1, 0.15) is 19.8 Å². The monoisotopic (exact) mass is 380 g/mol. The van der Waals surface area contributed by atoms with Crippen LogP contribution >= 0.6 is 0 Å². The Hall–Kier alpha value is -1.85. The first-order chi connectivity index (χ1) is 10.8. The summed E-state index contributed by atoms with van der Waals surface area (Å²) in [5, 5.41) is 9.76. The normalized spacial score (nSPS) is 13.2. The fraction of sp³-hybridized carbons (Fsp3) is 0.500. The minimum Gasteiger partial charge on any atom is -0.855 e. The van der Waals surface area contributed by atoms with Gasteiger partial charge in [-0.2, -0.15) is 39.2 Å². The summed E-state index contributed by atoms with van der Waals surface area (Å²) in [6, 6.07) is 6.17. The van der Waals surface area contributed by atoms with Crippen LogP contribution in [0.15, 0.2) is 35.0 Å². The van der Waals surface area contributed by atoms with Crippen molar-refractivity contribution in [2.45, 2.75) is 38.0 Å². The number of unbranched alkanes of at least 4 members (excludes halogenated alkanes) is 1. The van der Waals surface area contributed by atoms with Crippen LogP contribution in [0.4, 0.5) is 26.3 Å². The van der Waals surface area contributed by atoms with E-state index in [-0.39, 0.29) is 0 Å². The van der Waals surface area contributed by atoms with Crippen LogP contribution in [0.3, 0.4) is 0 Å². The average molecular weight is 380 g/mol. The summed E-state index contributed by atoms with van der Waals surface area (Å²) in [7, 11) is -6.42. The molecule has 0 unspecified atom stereocenters. The molecule has 0 fully saturated rings. The third-order valence-electron chi connectivity index (χ3n) is 2.29. The van der Waals surface area contributed by atoms with Crippen LogP contribution in [0.5, 0.6) is 0 Å². The smallest absolute Gasteiger partial charge is 0.518 e. The van der Waals surface area contributed by atoms with Crippen LogP contribution in [-0.2, 0) is 16.6 Å². The number of nitrogens with zero attached hydrogens (tertiary/aromatic N) is 2. The van der Waals surface area contributed by atoms with Crippen LogP contribution in [0.25, 0.3) is 0 Å². The molecule has 24 heavy (non-hydrogen) atoms. The average Bonchev–Trinajstić information content (AvgIpc) is 2.44. The number of hydrogen-bond acceptors (Lipinski definition) is 3. The van der Waals surface area contributed by atoms with Crippen molar-refractivity contribution in [1.29, 1.82) is 0 Å². The second-order valence-corrected chi connectivity index (χ2v) is 5.88. The van der Waals surface area contributed by atoms with Gasteiger partial charge in [-0.3, -0.25) is 0 Å². The van der Waals surface area contributed by atoms with Crippen molar-refractivity contribution >= 4 is 15.9 Å². The Morgan fingerprint density at radius 2 is 1.58 bits per heavy atom. The van der Waals surface area contributed by atoms with E-state index >= 15 is 0 Å². The second-order valence-electron chi connectivity index (χ2n) is 4.28. The van der Waals surface area contributed by atoms with E-state index in [9.17, 15) is 39.9 Å². The minimum atomic E-state index is -6.42. The largest absolute Gasteiger partial charge is 0.855 e. The summed E-state index contributed by atoms with van der Waals surface area (Å²) in [4.78, 5) is 0. The summed E-state index contributed by atoms with van der Waals surface area (Å²) in [6.45, 7) is 3.36. The number of aryl methyl sites for hydroxylation is 1. The predicted octanol–water partition coefficient (Wildman–Crippen LogP) is 1.93. The van der Waals surface area contributed by atoms with Gasteiger partial charge in [-0.15, -0.1) is 0 Å². The van der Waals surface area contributed by atoms with Crippen molar-refractivity contribution in [3.8, 4) is 0 Å². The van der Waals surface area contributed by atoms with Gasteiger partial charge in [-0.1, -0.05) is 19.4 Å². The Morgan fingerprint density at radius 3 is 1.96 bits per heavy atom. The third kappa shape index (κ3) is 8.13. The molecule has 0 aromatic carbocycles. The fourth-order valence-electron chi connectivity index (χ4n) is 1.14. The van der Waals surface area contributed by atoms with Crippen LogP contribution in [0, 0.1) is 0 Å². The topological polar surface area (TPSA) is 73.4 Å². The standard InChI is InChI=1S/C9H14N.C3HF6NO3S/c1-2-3-7-10-8-5-4-6-9-10;4-2(5,6)1(11)10-14(12,13)3(7,8)9/h4-6,8-9H,2-3,7H2,1H3;(H,10,11)/q+1;/p-1. The highest BCUT2D eigenvalue weighted by Crippen LogP contribution is 2.26. The van der Waals surface area contributed by atoms with Gasteiger partial charge in [-0.05, 0) is 0 Å². The summed E-state index contributed by atoms with van der Waals surface area (Å²) in [5.41, 5.74) is -6.02. The molecule has 0 aliphatic heterocycles. The van der Waals surface area contributed by atoms with Crippen molar-refractivity contribution in [3.63, 3.8) is 0 Å². The highest BCUT2D eigenvalue weighted by Gasteiger charge is 2.47. The first-order valence-corrected chi connectivity index (χ1v) is 7.84. The van der Waals surface area contributed by atoms with E-state index in [4.69, 9.17) is 0 Å². The fourth-order valence-corrected chi connectivity index (χ4v) is 1.56. The molecule has 12 heteroatoms. The molecular formula is C12H14F6N2O3S. The molecule has 0 bridgehead atoms. The summed E-state index contributed by atoms with van der Waals surface area (Å²) < 4.78 is 91.1. The molecular weight excluding hydrogens is 366 g/mol. The summed E-state index contributed by atoms with van der Waals surface area (Å²) >= 11 is 0. The molecule has 0 amide bonds. The van der Waals surface area contributed by atoms with E-state index in [0.29, 0.717) is 0 Å². The number of pyridine rings is 1. The molecule has 0 spiro atoms. The molecule has 0 atom stereocenters. The van der Waals surface area contributed by atoms with Gasteiger partial charge < -0.3 is 5.11 Å². The van der Waals surface area contributed by atoms with E-state index < -0.39 is 27.6 Å². The number of halogens is 6. The quantitative estimate of drug-likeness (QED) is 0.347. The van der Waals surface area contributed by atoms with Crippen molar-refractivity contribution < 1.29 is 44.4 Å². The molecule has 0 aliphatic rings. The van der Waals surface area contributed by atoms with E-state index in [0.717, 1.165) is 10.9 Å². The van der Waals surface area contributed by atoms with Gasteiger partial charge in [0.1, 0.15) is 6.54 Å². The molecule has 0 saturated heterocycles. The molecule has 0 saturated carbocycles. The molecule has 0 aliphatic carbocycles. The van der Waals surface area contributed by atoms with E-state index in [2.05, 4.69) is 36.0 Å². The first kappa shape index (κ1) is 22.1. The number of aromatic nitrogens is 1. The lowest BCUT2D eigenvalue weighted by molar-refractivity contribution is -0.697. The van der Waals surface area contributed by atoms with Gasteiger partial charge in [0.2, 0.25) is 0 Å². The molecule has 0 N–H and O–H groups in total. The number of hydrogen-bond donors (Lipinski definition) is 0. The number of rotatable bonds is 4. The molecule has 1 heterocycles. The predicted molar refractivity (Wildman–Crippen MR) is 70.0 cm³/mol. The van der Waals surface area contributed by atoms with E-state index in [1.165, 1.54) is 12.8 Å². The maximum Gasteiger partial charge on any atom is 0.518 e. The zero-order valence-corrected chi connectivity index (χ0v) is 13.1. The van der Waals surface area contributed by atoms with E-state index in [1.807, 2.05) is 6.07 Å². The van der Waals surface area contributed by atoms with Crippen molar-refractivity contribution in [2.75, 3.05) is 0 Å². The molecule has 1 aromatic heterocycles. The Balaban J connectivity index is 0.000000463. The number of sulfonamides is 1. The first-order valence-electron chi connectivity index (χ1n) is 6.40.